The van der Waals surface area contributed by atoms with Gasteiger partial charge in [-0.25, -0.2) is 4.39 Å². The van der Waals surface area contributed by atoms with Crippen LogP contribution < -0.4 is 0 Å². The fourth-order valence-electron chi connectivity index (χ4n) is 2.37. The van der Waals surface area contributed by atoms with E-state index in [0.29, 0.717) is 24.8 Å². The first-order valence-corrected chi connectivity index (χ1v) is 6.55. The average Bonchev–Trinajstić information content (AvgIpc) is 2.98. The summed E-state index contributed by atoms with van der Waals surface area (Å²) in [4.78, 5) is 16.8. The minimum atomic E-state index is -0.293. The van der Waals surface area contributed by atoms with E-state index in [-0.39, 0.29) is 11.7 Å². The highest BCUT2D eigenvalue weighted by Gasteiger charge is 2.24. The van der Waals surface area contributed by atoms with Gasteiger partial charge in [0.15, 0.2) is 0 Å². The molecule has 0 atom stereocenters. The number of aromatic nitrogens is 2. The van der Waals surface area contributed by atoms with E-state index < -0.39 is 0 Å². The Morgan fingerprint density at radius 3 is 2.60 bits per heavy atom. The number of hydrogen-bond acceptors (Lipinski definition) is 4. The summed E-state index contributed by atoms with van der Waals surface area (Å²) in [6, 6.07) is 5.99. The van der Waals surface area contributed by atoms with Crippen molar-refractivity contribution in [1.82, 2.24) is 15.0 Å². The number of nitrogens with zero attached hydrogens (tertiary/aromatic N) is 3. The zero-order valence-electron chi connectivity index (χ0n) is 10.8. The number of benzene rings is 1. The van der Waals surface area contributed by atoms with Gasteiger partial charge in [-0.3, -0.25) is 4.79 Å². The number of carbonyl (C=O) groups excluding carboxylic acids is 1. The minimum Gasteiger partial charge on any atom is -0.345 e. The Labute approximate surface area is 115 Å². The lowest BCUT2D eigenvalue weighted by Crippen LogP contribution is -2.31. The van der Waals surface area contributed by atoms with Gasteiger partial charge < -0.3 is 9.42 Å². The van der Waals surface area contributed by atoms with Gasteiger partial charge >= 0.3 is 0 Å². The standard InChI is InChI=1S/C14H14FN3O2/c15-12-3-1-10(2-4-12)13-16-14(20-17-13)11-5-7-18(9-19)8-6-11/h1-4,9,11H,5-8H2. The van der Waals surface area contributed by atoms with Crippen LogP contribution in [0.5, 0.6) is 0 Å². The van der Waals surface area contributed by atoms with Crippen LogP contribution in [0.2, 0.25) is 0 Å². The molecule has 0 radical (unpaired) electrons. The van der Waals surface area contributed by atoms with E-state index in [0.717, 1.165) is 24.8 Å². The van der Waals surface area contributed by atoms with E-state index in [1.165, 1.54) is 12.1 Å². The molecule has 1 aliphatic rings. The number of hydrogen-bond donors (Lipinski definition) is 0. The topological polar surface area (TPSA) is 59.2 Å². The van der Waals surface area contributed by atoms with Gasteiger partial charge in [0.05, 0.1) is 0 Å². The van der Waals surface area contributed by atoms with Crippen LogP contribution in [0.25, 0.3) is 11.4 Å². The van der Waals surface area contributed by atoms with Gasteiger partial charge in [-0.15, -0.1) is 0 Å². The van der Waals surface area contributed by atoms with Crippen molar-refractivity contribution >= 4 is 6.41 Å². The molecule has 0 spiro atoms. The summed E-state index contributed by atoms with van der Waals surface area (Å²) in [5.74, 6) is 0.958. The molecule has 0 saturated carbocycles. The Morgan fingerprint density at radius 1 is 1.25 bits per heavy atom. The molecule has 2 aromatic rings. The lowest BCUT2D eigenvalue weighted by Gasteiger charge is -2.26. The maximum atomic E-state index is 12.9. The molecular formula is C14H14FN3O2. The molecule has 0 unspecified atom stereocenters. The first-order chi connectivity index (χ1) is 9.76. The number of halogens is 1. The summed E-state index contributed by atoms with van der Waals surface area (Å²) in [6.45, 7) is 1.42. The molecule has 1 aromatic carbocycles. The van der Waals surface area contributed by atoms with Gasteiger partial charge in [0.25, 0.3) is 0 Å². The Bertz CT molecular complexity index is 589. The molecule has 1 saturated heterocycles. The number of carbonyl (C=O) groups is 1. The van der Waals surface area contributed by atoms with Gasteiger partial charge in [-0.05, 0) is 37.1 Å². The molecule has 5 nitrogen and oxygen atoms in total. The molecule has 0 aliphatic carbocycles. The molecule has 2 heterocycles. The molecule has 1 aromatic heterocycles. The quantitative estimate of drug-likeness (QED) is 0.806. The Hall–Kier alpha value is -2.24. The fraction of sp³-hybridized carbons (Fsp3) is 0.357. The zero-order valence-corrected chi connectivity index (χ0v) is 10.8. The third kappa shape index (κ3) is 2.54. The number of rotatable bonds is 3. The van der Waals surface area contributed by atoms with Gasteiger partial charge in [0.1, 0.15) is 5.82 Å². The zero-order chi connectivity index (χ0) is 13.9. The molecule has 1 fully saturated rings. The van der Waals surface area contributed by atoms with E-state index in [9.17, 15) is 9.18 Å². The van der Waals surface area contributed by atoms with Crippen LogP contribution in [0.4, 0.5) is 4.39 Å². The lowest BCUT2D eigenvalue weighted by molar-refractivity contribution is -0.119. The Morgan fingerprint density at radius 2 is 1.95 bits per heavy atom. The third-order valence-corrected chi connectivity index (χ3v) is 3.57. The van der Waals surface area contributed by atoms with Crippen molar-refractivity contribution in [2.75, 3.05) is 13.1 Å². The smallest absolute Gasteiger partial charge is 0.230 e. The van der Waals surface area contributed by atoms with E-state index in [1.807, 2.05) is 0 Å². The van der Waals surface area contributed by atoms with Gasteiger partial charge in [0, 0.05) is 24.6 Å². The Kier molecular flexibility index (Phi) is 3.45. The largest absolute Gasteiger partial charge is 0.345 e. The van der Waals surface area contributed by atoms with Crippen LogP contribution >= 0.6 is 0 Å². The van der Waals surface area contributed by atoms with Crippen molar-refractivity contribution in [1.29, 1.82) is 0 Å². The molecule has 6 heteroatoms. The van der Waals surface area contributed by atoms with E-state index in [4.69, 9.17) is 4.52 Å². The molecular weight excluding hydrogens is 261 g/mol. The van der Waals surface area contributed by atoms with Crippen molar-refractivity contribution < 1.29 is 13.7 Å². The second-order valence-electron chi connectivity index (χ2n) is 4.88. The van der Waals surface area contributed by atoms with Crippen LogP contribution in [-0.2, 0) is 4.79 Å². The summed E-state index contributed by atoms with van der Waals surface area (Å²) in [6.07, 6.45) is 2.52. The monoisotopic (exact) mass is 275 g/mol. The molecule has 1 aliphatic heterocycles. The highest BCUT2D eigenvalue weighted by molar-refractivity contribution is 5.53. The molecule has 0 N–H and O–H groups in total. The van der Waals surface area contributed by atoms with Crippen molar-refractivity contribution in [2.24, 2.45) is 0 Å². The second-order valence-corrected chi connectivity index (χ2v) is 4.88. The number of amides is 1. The van der Waals surface area contributed by atoms with Crippen molar-refractivity contribution in [2.45, 2.75) is 18.8 Å². The SMILES string of the molecule is O=CN1CCC(c2nc(-c3ccc(F)cc3)no2)CC1. The number of likely N-dealkylation sites (tertiary alicyclic amines) is 1. The van der Waals surface area contributed by atoms with E-state index in [1.54, 1.807) is 17.0 Å². The van der Waals surface area contributed by atoms with Crippen LogP contribution in [-0.4, -0.2) is 34.5 Å². The van der Waals surface area contributed by atoms with E-state index in [2.05, 4.69) is 10.1 Å². The maximum Gasteiger partial charge on any atom is 0.230 e. The third-order valence-electron chi connectivity index (χ3n) is 3.57. The van der Waals surface area contributed by atoms with Crippen LogP contribution in [0.1, 0.15) is 24.7 Å². The van der Waals surface area contributed by atoms with Crippen molar-refractivity contribution in [3.05, 3.63) is 36.0 Å². The van der Waals surface area contributed by atoms with Gasteiger partial charge in [-0.2, -0.15) is 4.98 Å². The first kappa shape index (κ1) is 12.8. The molecule has 20 heavy (non-hydrogen) atoms. The summed E-state index contributed by atoms with van der Waals surface area (Å²) in [7, 11) is 0. The second kappa shape index (κ2) is 5.40. The van der Waals surface area contributed by atoms with Gasteiger partial charge in [-0.1, -0.05) is 5.16 Å². The highest BCUT2D eigenvalue weighted by Crippen LogP contribution is 2.28. The van der Waals surface area contributed by atoms with Crippen LogP contribution in [0.15, 0.2) is 28.8 Å². The van der Waals surface area contributed by atoms with Crippen LogP contribution in [0.3, 0.4) is 0 Å². The van der Waals surface area contributed by atoms with Gasteiger partial charge in [0.2, 0.25) is 18.1 Å². The predicted molar refractivity (Wildman–Crippen MR) is 69.3 cm³/mol. The van der Waals surface area contributed by atoms with E-state index >= 15 is 0 Å². The molecule has 1 amide bonds. The summed E-state index contributed by atoms with van der Waals surface area (Å²) < 4.78 is 18.2. The Balaban J connectivity index is 1.74. The van der Waals surface area contributed by atoms with Crippen molar-refractivity contribution in [3.63, 3.8) is 0 Å². The average molecular weight is 275 g/mol. The fourth-order valence-corrected chi connectivity index (χ4v) is 2.37. The van der Waals surface area contributed by atoms with Crippen LogP contribution in [0, 0.1) is 5.82 Å². The highest BCUT2D eigenvalue weighted by atomic mass is 19.1. The number of piperidine rings is 1. The molecule has 0 bridgehead atoms. The summed E-state index contributed by atoms with van der Waals surface area (Å²) in [5.41, 5.74) is 0.728. The minimum absolute atomic E-state index is 0.188. The normalized spacial score (nSPS) is 16.4. The summed E-state index contributed by atoms with van der Waals surface area (Å²) >= 11 is 0. The predicted octanol–water partition coefficient (Wildman–Crippen LogP) is 2.21. The maximum absolute atomic E-state index is 12.9. The van der Waals surface area contributed by atoms with Crippen molar-refractivity contribution in [3.8, 4) is 11.4 Å². The first-order valence-electron chi connectivity index (χ1n) is 6.55. The molecule has 3 rings (SSSR count). The lowest BCUT2D eigenvalue weighted by atomic mass is 9.97. The summed E-state index contributed by atoms with van der Waals surface area (Å²) in [5, 5.41) is 3.94. The molecule has 104 valence electrons.